The zero-order valence-electron chi connectivity index (χ0n) is 13.7. The lowest BCUT2D eigenvalue weighted by Crippen LogP contribution is -2.27. The average Bonchev–Trinajstić information content (AvgIpc) is 3.10. The van der Waals surface area contributed by atoms with Gasteiger partial charge in [0.25, 0.3) is 5.91 Å². The van der Waals surface area contributed by atoms with Crippen molar-refractivity contribution in [3.05, 3.63) is 83.8 Å². The van der Waals surface area contributed by atoms with Crippen LogP contribution in [0.5, 0.6) is 0 Å². The molecule has 2 aromatic carbocycles. The van der Waals surface area contributed by atoms with E-state index in [1.54, 1.807) is 30.3 Å². The third kappa shape index (κ3) is 3.99. The molecule has 26 heavy (non-hydrogen) atoms. The fourth-order valence-electron chi connectivity index (χ4n) is 2.36. The molecule has 0 spiro atoms. The van der Waals surface area contributed by atoms with Crippen LogP contribution in [0, 0.1) is 0 Å². The molecule has 0 saturated carbocycles. The van der Waals surface area contributed by atoms with Gasteiger partial charge in [0.1, 0.15) is 17.2 Å². The summed E-state index contributed by atoms with van der Waals surface area (Å²) in [4.78, 5) is 23.7. The van der Waals surface area contributed by atoms with Crippen molar-refractivity contribution in [2.24, 2.45) is 0 Å². The van der Waals surface area contributed by atoms with Gasteiger partial charge in [-0.05, 0) is 30.3 Å². The summed E-state index contributed by atoms with van der Waals surface area (Å²) in [7, 11) is 0. The SMILES string of the molecule is Nc1cccc(C(=O)N/C(=C\c2ccc(-c3ccccc3)o2)C(=O)O)c1. The zero-order valence-corrected chi connectivity index (χ0v) is 13.7. The largest absolute Gasteiger partial charge is 0.477 e. The maximum absolute atomic E-state index is 12.2. The van der Waals surface area contributed by atoms with Crippen LogP contribution in [-0.2, 0) is 4.79 Å². The Labute approximate surface area is 149 Å². The summed E-state index contributed by atoms with van der Waals surface area (Å²) >= 11 is 0. The topological polar surface area (TPSA) is 106 Å². The first kappa shape index (κ1) is 17.0. The van der Waals surface area contributed by atoms with E-state index in [1.807, 2.05) is 30.3 Å². The van der Waals surface area contributed by atoms with Gasteiger partial charge in [-0.3, -0.25) is 4.79 Å². The van der Waals surface area contributed by atoms with Crippen molar-refractivity contribution in [1.82, 2.24) is 5.32 Å². The maximum Gasteiger partial charge on any atom is 0.352 e. The number of carbonyl (C=O) groups excluding carboxylic acids is 1. The first-order chi connectivity index (χ1) is 12.5. The summed E-state index contributed by atoms with van der Waals surface area (Å²) in [5.41, 5.74) is 6.89. The van der Waals surface area contributed by atoms with Crippen LogP contribution in [0.4, 0.5) is 5.69 Å². The number of anilines is 1. The molecule has 1 heterocycles. The summed E-state index contributed by atoms with van der Waals surface area (Å²) in [5, 5.41) is 11.7. The van der Waals surface area contributed by atoms with Crippen molar-refractivity contribution in [2.75, 3.05) is 5.73 Å². The lowest BCUT2D eigenvalue weighted by molar-refractivity contribution is -0.132. The first-order valence-electron chi connectivity index (χ1n) is 7.80. The monoisotopic (exact) mass is 348 g/mol. The van der Waals surface area contributed by atoms with E-state index in [-0.39, 0.29) is 11.3 Å². The summed E-state index contributed by atoms with van der Waals surface area (Å²) in [6.45, 7) is 0. The lowest BCUT2D eigenvalue weighted by atomic mass is 10.2. The molecule has 0 unspecified atom stereocenters. The molecule has 3 aromatic rings. The van der Waals surface area contributed by atoms with E-state index >= 15 is 0 Å². The van der Waals surface area contributed by atoms with Crippen molar-refractivity contribution in [3.8, 4) is 11.3 Å². The Morgan fingerprint density at radius 1 is 1.00 bits per heavy atom. The number of nitrogens with one attached hydrogen (secondary N) is 1. The number of carboxylic acids is 1. The second-order valence-corrected chi connectivity index (χ2v) is 5.51. The molecule has 0 radical (unpaired) electrons. The third-order valence-electron chi connectivity index (χ3n) is 3.60. The number of nitrogens with two attached hydrogens (primary N) is 1. The standard InChI is InChI=1S/C20H16N2O4/c21-15-8-4-7-14(11-15)19(23)22-17(20(24)25)12-16-9-10-18(26-16)13-5-2-1-3-6-13/h1-12H,21H2,(H,22,23)(H,24,25)/b17-12-. The van der Waals surface area contributed by atoms with E-state index in [1.165, 1.54) is 12.1 Å². The number of nitrogen functional groups attached to an aromatic ring is 1. The number of aliphatic carboxylic acids is 1. The van der Waals surface area contributed by atoms with Crippen LogP contribution < -0.4 is 11.1 Å². The molecule has 6 nitrogen and oxygen atoms in total. The van der Waals surface area contributed by atoms with Gasteiger partial charge in [-0.15, -0.1) is 0 Å². The Morgan fingerprint density at radius 2 is 1.77 bits per heavy atom. The van der Waals surface area contributed by atoms with Crippen molar-refractivity contribution in [1.29, 1.82) is 0 Å². The van der Waals surface area contributed by atoms with E-state index in [2.05, 4.69) is 5.32 Å². The normalized spacial score (nSPS) is 11.2. The molecule has 0 fully saturated rings. The van der Waals surface area contributed by atoms with Gasteiger partial charge in [-0.1, -0.05) is 36.4 Å². The number of carbonyl (C=O) groups is 2. The van der Waals surface area contributed by atoms with Crippen LogP contribution in [0.2, 0.25) is 0 Å². The fourth-order valence-corrected chi connectivity index (χ4v) is 2.36. The second kappa shape index (κ2) is 7.40. The molecule has 0 atom stereocenters. The Kier molecular flexibility index (Phi) is 4.85. The van der Waals surface area contributed by atoms with Crippen LogP contribution in [0.15, 0.2) is 76.8 Å². The van der Waals surface area contributed by atoms with Crippen LogP contribution in [0.25, 0.3) is 17.4 Å². The number of hydrogen-bond acceptors (Lipinski definition) is 4. The van der Waals surface area contributed by atoms with E-state index in [9.17, 15) is 14.7 Å². The van der Waals surface area contributed by atoms with Gasteiger partial charge >= 0.3 is 5.97 Å². The van der Waals surface area contributed by atoms with Gasteiger partial charge in [0.2, 0.25) is 0 Å². The molecule has 6 heteroatoms. The van der Waals surface area contributed by atoms with E-state index in [0.29, 0.717) is 17.2 Å². The minimum Gasteiger partial charge on any atom is -0.477 e. The zero-order chi connectivity index (χ0) is 18.5. The molecule has 3 rings (SSSR count). The number of carboxylic acid groups (broad SMARTS) is 1. The molecule has 0 bridgehead atoms. The van der Waals surface area contributed by atoms with E-state index in [0.717, 1.165) is 5.56 Å². The third-order valence-corrected chi connectivity index (χ3v) is 3.60. The molecular formula is C20H16N2O4. The molecule has 1 aromatic heterocycles. The summed E-state index contributed by atoms with van der Waals surface area (Å²) in [5.74, 6) is -0.932. The predicted octanol–water partition coefficient (Wildman–Crippen LogP) is 3.38. The highest BCUT2D eigenvalue weighted by molar-refractivity contribution is 6.03. The Hall–Kier alpha value is -3.80. The van der Waals surface area contributed by atoms with Gasteiger partial charge < -0.3 is 20.6 Å². The summed E-state index contributed by atoms with van der Waals surface area (Å²) in [6.07, 6.45) is 1.26. The quantitative estimate of drug-likeness (QED) is 0.484. The van der Waals surface area contributed by atoms with E-state index < -0.39 is 11.9 Å². The summed E-state index contributed by atoms with van der Waals surface area (Å²) < 4.78 is 5.65. The Bertz CT molecular complexity index is 974. The van der Waals surface area contributed by atoms with Gasteiger partial charge in [0.15, 0.2) is 0 Å². The minimum absolute atomic E-state index is 0.265. The Balaban J connectivity index is 1.83. The van der Waals surface area contributed by atoms with Gasteiger partial charge in [0, 0.05) is 22.9 Å². The maximum atomic E-state index is 12.2. The number of amides is 1. The first-order valence-corrected chi connectivity index (χ1v) is 7.80. The van der Waals surface area contributed by atoms with Crippen molar-refractivity contribution < 1.29 is 19.1 Å². The van der Waals surface area contributed by atoms with Crippen molar-refractivity contribution in [3.63, 3.8) is 0 Å². The number of benzene rings is 2. The Morgan fingerprint density at radius 3 is 2.46 bits per heavy atom. The van der Waals surface area contributed by atoms with Crippen LogP contribution in [0.1, 0.15) is 16.1 Å². The average molecular weight is 348 g/mol. The van der Waals surface area contributed by atoms with Crippen LogP contribution in [-0.4, -0.2) is 17.0 Å². The molecule has 0 aliphatic carbocycles. The number of rotatable bonds is 5. The van der Waals surface area contributed by atoms with Crippen molar-refractivity contribution in [2.45, 2.75) is 0 Å². The second-order valence-electron chi connectivity index (χ2n) is 5.51. The fraction of sp³-hybridized carbons (Fsp3) is 0. The van der Waals surface area contributed by atoms with E-state index in [4.69, 9.17) is 10.2 Å². The van der Waals surface area contributed by atoms with Gasteiger partial charge in [-0.25, -0.2) is 4.79 Å². The van der Waals surface area contributed by atoms with Gasteiger partial charge in [0.05, 0.1) is 0 Å². The smallest absolute Gasteiger partial charge is 0.352 e. The summed E-state index contributed by atoms with van der Waals surface area (Å²) in [6, 6.07) is 19.0. The molecule has 4 N–H and O–H groups in total. The minimum atomic E-state index is -1.28. The number of hydrogen-bond donors (Lipinski definition) is 3. The molecule has 0 aliphatic heterocycles. The van der Waals surface area contributed by atoms with Crippen molar-refractivity contribution >= 4 is 23.6 Å². The highest BCUT2D eigenvalue weighted by Crippen LogP contribution is 2.23. The number of furan rings is 1. The van der Waals surface area contributed by atoms with Gasteiger partial charge in [-0.2, -0.15) is 0 Å². The molecule has 1 amide bonds. The predicted molar refractivity (Wildman–Crippen MR) is 98.1 cm³/mol. The van der Waals surface area contributed by atoms with Crippen LogP contribution in [0.3, 0.4) is 0 Å². The highest BCUT2D eigenvalue weighted by Gasteiger charge is 2.15. The molecule has 130 valence electrons. The lowest BCUT2D eigenvalue weighted by Gasteiger charge is -2.06. The highest BCUT2D eigenvalue weighted by atomic mass is 16.4. The van der Waals surface area contributed by atoms with Crippen LogP contribution >= 0.6 is 0 Å². The molecule has 0 saturated heterocycles. The molecule has 0 aliphatic rings. The molecular weight excluding hydrogens is 332 g/mol.